The summed E-state index contributed by atoms with van der Waals surface area (Å²) in [6, 6.07) is 0. The van der Waals surface area contributed by atoms with Crippen molar-refractivity contribution in [2.24, 2.45) is 5.28 Å². The Hall–Kier alpha value is -1.62. The van der Waals surface area contributed by atoms with Crippen LogP contribution in [0, 0.1) is 0 Å². The van der Waals surface area contributed by atoms with Gasteiger partial charge in [-0.15, -0.1) is 0 Å². The van der Waals surface area contributed by atoms with Gasteiger partial charge in [-0.2, -0.15) is 0 Å². The zero-order chi connectivity index (χ0) is 13.1. The lowest BCUT2D eigenvalue weighted by Gasteiger charge is -2.19. The van der Waals surface area contributed by atoms with E-state index in [9.17, 15) is 4.79 Å². The van der Waals surface area contributed by atoms with E-state index in [4.69, 9.17) is 10.3 Å². The van der Waals surface area contributed by atoms with Crippen molar-refractivity contribution in [3.63, 3.8) is 0 Å². The molecular formula is C10H20N4O3. The van der Waals surface area contributed by atoms with Gasteiger partial charge < -0.3 is 14.9 Å². The summed E-state index contributed by atoms with van der Waals surface area (Å²) in [4.78, 5) is 18.2. The van der Waals surface area contributed by atoms with Gasteiger partial charge in [-0.1, -0.05) is 0 Å². The van der Waals surface area contributed by atoms with E-state index in [-0.39, 0.29) is 0 Å². The molecule has 17 heavy (non-hydrogen) atoms. The molecule has 0 aliphatic carbocycles. The van der Waals surface area contributed by atoms with Crippen LogP contribution in [0.15, 0.2) is 5.28 Å². The highest BCUT2D eigenvalue weighted by molar-refractivity contribution is 5.67. The number of rotatable bonds is 7. The van der Waals surface area contributed by atoms with Crippen molar-refractivity contribution in [2.75, 3.05) is 13.2 Å². The lowest BCUT2D eigenvalue weighted by molar-refractivity contribution is 0.0526. The highest BCUT2D eigenvalue weighted by Crippen LogP contribution is 2.06. The van der Waals surface area contributed by atoms with Crippen LogP contribution in [0.2, 0.25) is 0 Å². The monoisotopic (exact) mass is 244 g/mol. The number of unbranched alkanes of at least 4 members (excludes halogenated alkanes) is 2. The van der Waals surface area contributed by atoms with Crippen molar-refractivity contribution in [1.82, 2.24) is 5.32 Å². The number of hydrogen-bond donors (Lipinski definition) is 1. The second-order valence-corrected chi connectivity index (χ2v) is 4.49. The van der Waals surface area contributed by atoms with Crippen LogP contribution in [0.3, 0.4) is 0 Å². The summed E-state index contributed by atoms with van der Waals surface area (Å²) in [7, 11) is 0. The third kappa shape index (κ3) is 12.3. The van der Waals surface area contributed by atoms with Crippen molar-refractivity contribution >= 4 is 6.09 Å². The van der Waals surface area contributed by atoms with E-state index in [1.165, 1.54) is 0 Å². The molecule has 0 spiro atoms. The first-order chi connectivity index (χ1) is 7.95. The molecule has 0 bridgehead atoms. The van der Waals surface area contributed by atoms with Crippen LogP contribution >= 0.6 is 0 Å². The van der Waals surface area contributed by atoms with Gasteiger partial charge in [-0.3, -0.25) is 0 Å². The summed E-state index contributed by atoms with van der Waals surface area (Å²) >= 11 is 0. The molecule has 0 fully saturated rings. The summed E-state index contributed by atoms with van der Waals surface area (Å²) in [6.07, 6.45) is 2.10. The summed E-state index contributed by atoms with van der Waals surface area (Å²) in [5, 5.41) is 5.61. The Balaban J connectivity index is 3.34. The second-order valence-electron chi connectivity index (χ2n) is 4.49. The van der Waals surface area contributed by atoms with Crippen LogP contribution in [0.4, 0.5) is 4.79 Å². The van der Waals surface area contributed by atoms with Crippen LogP contribution in [0.25, 0.3) is 10.4 Å². The first kappa shape index (κ1) is 15.4. The fourth-order valence-corrected chi connectivity index (χ4v) is 1.04. The molecule has 0 heterocycles. The quantitative estimate of drug-likeness (QED) is 0.245. The van der Waals surface area contributed by atoms with Crippen molar-refractivity contribution in [2.45, 2.75) is 45.6 Å². The average Bonchev–Trinajstić information content (AvgIpc) is 2.19. The highest BCUT2D eigenvalue weighted by Gasteiger charge is 2.15. The van der Waals surface area contributed by atoms with E-state index in [0.29, 0.717) is 13.2 Å². The molecule has 98 valence electrons. The molecule has 0 aromatic heterocycles. The fourth-order valence-electron chi connectivity index (χ4n) is 1.04. The van der Waals surface area contributed by atoms with Gasteiger partial charge in [-0.05, 0) is 45.6 Å². The molecule has 7 nitrogen and oxygen atoms in total. The lowest BCUT2D eigenvalue weighted by atomic mass is 10.2. The molecule has 0 atom stereocenters. The zero-order valence-corrected chi connectivity index (χ0v) is 10.6. The van der Waals surface area contributed by atoms with E-state index in [2.05, 4.69) is 20.3 Å². The number of alkyl carbamates (subject to hydrolysis) is 1. The Morgan fingerprint density at radius 2 is 2.06 bits per heavy atom. The number of nitrogens with one attached hydrogen (secondary N) is 1. The summed E-state index contributed by atoms with van der Waals surface area (Å²) in [6.45, 7) is 6.42. The maximum Gasteiger partial charge on any atom is 0.407 e. The zero-order valence-electron chi connectivity index (χ0n) is 10.6. The number of amides is 1. The van der Waals surface area contributed by atoms with Gasteiger partial charge in [0.15, 0.2) is 0 Å². The smallest absolute Gasteiger partial charge is 0.407 e. The Labute approximate surface area is 101 Å². The Morgan fingerprint density at radius 1 is 1.35 bits per heavy atom. The lowest BCUT2D eigenvalue weighted by Crippen LogP contribution is -2.33. The molecule has 7 heteroatoms. The van der Waals surface area contributed by atoms with Gasteiger partial charge in [0.2, 0.25) is 0 Å². The van der Waals surface area contributed by atoms with E-state index >= 15 is 0 Å². The number of ether oxygens (including phenoxy) is 1. The van der Waals surface area contributed by atoms with Gasteiger partial charge >= 0.3 is 6.09 Å². The number of azide groups is 1. The van der Waals surface area contributed by atoms with Crippen LogP contribution in [0.1, 0.15) is 40.0 Å². The first-order valence-electron chi connectivity index (χ1n) is 5.59. The molecule has 0 radical (unpaired) electrons. The summed E-state index contributed by atoms with van der Waals surface area (Å²) in [5.74, 6) is 0. The highest BCUT2D eigenvalue weighted by atomic mass is 16.6. The average molecular weight is 244 g/mol. The summed E-state index contributed by atoms with van der Waals surface area (Å²) in [5.41, 5.74) is 7.47. The SMILES string of the molecule is CC(C)(C)OC(=O)NCCCCCON=[N+]=[N-]. The van der Waals surface area contributed by atoms with Gasteiger partial charge in [0.05, 0.1) is 6.61 Å². The molecule has 0 aliphatic heterocycles. The molecule has 0 saturated carbocycles. The molecule has 0 aliphatic rings. The van der Waals surface area contributed by atoms with E-state index in [1.807, 2.05) is 20.8 Å². The Kier molecular flexibility index (Phi) is 7.71. The molecular weight excluding hydrogens is 224 g/mol. The Morgan fingerprint density at radius 3 is 2.65 bits per heavy atom. The molecule has 0 saturated heterocycles. The minimum absolute atomic E-state index is 0.399. The maximum absolute atomic E-state index is 11.2. The molecule has 1 N–H and O–H groups in total. The van der Waals surface area contributed by atoms with Crippen molar-refractivity contribution in [3.05, 3.63) is 10.4 Å². The van der Waals surface area contributed by atoms with Crippen molar-refractivity contribution in [3.8, 4) is 0 Å². The summed E-state index contributed by atoms with van der Waals surface area (Å²) < 4.78 is 5.07. The van der Waals surface area contributed by atoms with Crippen molar-refractivity contribution < 1.29 is 14.4 Å². The third-order valence-electron chi connectivity index (χ3n) is 1.67. The number of carbonyl (C=O) groups is 1. The number of nitrogens with zero attached hydrogens (tertiary/aromatic N) is 3. The maximum atomic E-state index is 11.2. The van der Waals surface area contributed by atoms with Gasteiger partial charge in [0.1, 0.15) is 10.9 Å². The largest absolute Gasteiger partial charge is 0.444 e. The van der Waals surface area contributed by atoms with Crippen LogP contribution in [-0.4, -0.2) is 24.8 Å². The van der Waals surface area contributed by atoms with E-state index in [1.54, 1.807) is 0 Å². The number of carbonyl (C=O) groups excluding carboxylic acids is 1. The Bertz CT molecular complexity index is 269. The van der Waals surface area contributed by atoms with Crippen LogP contribution in [0.5, 0.6) is 0 Å². The minimum atomic E-state index is -0.465. The first-order valence-corrected chi connectivity index (χ1v) is 5.59. The molecule has 0 rings (SSSR count). The minimum Gasteiger partial charge on any atom is -0.444 e. The standard InChI is InChI=1S/C10H20N4O3/c1-10(2,3)17-9(15)12-7-5-4-6-8-16-14-13-11/h4-8H2,1-3H3,(H,12,15). The fraction of sp³-hybridized carbons (Fsp3) is 0.900. The molecule has 0 aromatic rings. The van der Waals surface area contributed by atoms with Crippen LogP contribution < -0.4 is 5.32 Å². The van der Waals surface area contributed by atoms with Gasteiger partial charge in [0.25, 0.3) is 0 Å². The van der Waals surface area contributed by atoms with Gasteiger partial charge in [0, 0.05) is 11.5 Å². The third-order valence-corrected chi connectivity index (χ3v) is 1.67. The molecule has 0 aromatic carbocycles. The van der Waals surface area contributed by atoms with Crippen LogP contribution in [-0.2, 0) is 9.57 Å². The normalized spacial score (nSPS) is 10.3. The predicted octanol–water partition coefficient (Wildman–Crippen LogP) is 2.92. The molecule has 1 amide bonds. The van der Waals surface area contributed by atoms with E-state index < -0.39 is 11.7 Å². The topological polar surface area (TPSA) is 96.3 Å². The van der Waals surface area contributed by atoms with Crippen molar-refractivity contribution in [1.29, 1.82) is 0 Å². The van der Waals surface area contributed by atoms with Gasteiger partial charge in [-0.25, -0.2) is 4.79 Å². The molecule has 0 unspecified atom stereocenters. The predicted molar refractivity (Wildman–Crippen MR) is 63.2 cm³/mol. The second kappa shape index (κ2) is 8.52. The number of hydrogen-bond acceptors (Lipinski definition) is 4. The van der Waals surface area contributed by atoms with E-state index in [0.717, 1.165) is 19.3 Å².